The number of aromatic nitrogens is 2. The first-order chi connectivity index (χ1) is 12.7. The highest BCUT2D eigenvalue weighted by Gasteiger charge is 2.42. The van der Waals surface area contributed by atoms with E-state index in [1.165, 1.54) is 24.3 Å². The highest BCUT2D eigenvalue weighted by atomic mass is 32.2. The van der Waals surface area contributed by atoms with E-state index in [0.29, 0.717) is 5.56 Å². The Morgan fingerprint density at radius 1 is 1.07 bits per heavy atom. The van der Waals surface area contributed by atoms with Crippen LogP contribution < -0.4 is 9.88 Å². The molecule has 4 rings (SSSR count). The highest BCUT2D eigenvalue weighted by molar-refractivity contribution is 7.89. The van der Waals surface area contributed by atoms with Gasteiger partial charge >= 0.3 is 6.18 Å². The minimum absolute atomic E-state index is 0.00228. The molecule has 2 aromatic carbocycles. The first-order valence-corrected chi connectivity index (χ1v) is 9.25. The Kier molecular flexibility index (Phi) is 3.79. The molecule has 140 valence electrons. The van der Waals surface area contributed by atoms with E-state index in [2.05, 4.69) is 5.10 Å². The van der Waals surface area contributed by atoms with Gasteiger partial charge in [0.25, 0.3) is 0 Å². The molecule has 0 saturated heterocycles. The van der Waals surface area contributed by atoms with Gasteiger partial charge in [0.2, 0.25) is 15.7 Å². The summed E-state index contributed by atoms with van der Waals surface area (Å²) >= 11 is 0. The second-order valence-electron chi connectivity index (χ2n) is 5.92. The van der Waals surface area contributed by atoms with Gasteiger partial charge in [-0.25, -0.2) is 18.2 Å². The van der Waals surface area contributed by atoms with Gasteiger partial charge in [0.05, 0.1) is 10.6 Å². The molecule has 0 fully saturated rings. The fourth-order valence-electron chi connectivity index (χ4n) is 2.95. The van der Waals surface area contributed by atoms with Crippen molar-refractivity contribution in [3.63, 3.8) is 0 Å². The SMILES string of the molecule is NS(=O)(=O)c1ccc(-n2nc(C(F)(F)F)c3c2-c2ccccc2CO3)cc1. The summed E-state index contributed by atoms with van der Waals surface area (Å²) in [4.78, 5) is -0.153. The maximum atomic E-state index is 13.4. The second-order valence-corrected chi connectivity index (χ2v) is 7.48. The maximum Gasteiger partial charge on any atom is 0.438 e. The molecule has 0 atom stereocenters. The predicted molar refractivity (Wildman–Crippen MR) is 89.7 cm³/mol. The zero-order valence-corrected chi connectivity index (χ0v) is 14.4. The fraction of sp³-hybridized carbons (Fsp3) is 0.118. The third-order valence-corrected chi connectivity index (χ3v) is 5.09. The number of sulfonamides is 1. The molecule has 1 aliphatic rings. The Bertz CT molecular complexity index is 1140. The Morgan fingerprint density at radius 2 is 1.74 bits per heavy atom. The smallest absolute Gasteiger partial charge is 0.438 e. The number of alkyl halides is 3. The van der Waals surface area contributed by atoms with Gasteiger partial charge in [-0.3, -0.25) is 0 Å². The lowest BCUT2D eigenvalue weighted by Crippen LogP contribution is -2.12. The van der Waals surface area contributed by atoms with Crippen LogP contribution in [0.1, 0.15) is 11.3 Å². The summed E-state index contributed by atoms with van der Waals surface area (Å²) in [5.41, 5.74) is 0.558. The molecule has 2 heterocycles. The molecule has 0 spiro atoms. The van der Waals surface area contributed by atoms with Gasteiger partial charge in [-0.15, -0.1) is 0 Å². The molecule has 10 heteroatoms. The Balaban J connectivity index is 1.96. The minimum Gasteiger partial charge on any atom is -0.484 e. The molecule has 1 aliphatic heterocycles. The molecule has 6 nitrogen and oxygen atoms in total. The van der Waals surface area contributed by atoms with Crippen LogP contribution in [0, 0.1) is 0 Å². The average molecular weight is 395 g/mol. The van der Waals surface area contributed by atoms with E-state index in [4.69, 9.17) is 9.88 Å². The summed E-state index contributed by atoms with van der Waals surface area (Å²) in [5.74, 6) is -0.350. The van der Waals surface area contributed by atoms with Crippen LogP contribution in [0.4, 0.5) is 13.2 Å². The van der Waals surface area contributed by atoms with Crippen LogP contribution in [0.25, 0.3) is 16.9 Å². The van der Waals surface area contributed by atoms with Gasteiger partial charge in [-0.2, -0.15) is 18.3 Å². The van der Waals surface area contributed by atoms with Crippen molar-refractivity contribution in [2.24, 2.45) is 5.14 Å². The highest BCUT2D eigenvalue weighted by Crippen LogP contribution is 2.46. The van der Waals surface area contributed by atoms with Gasteiger partial charge < -0.3 is 4.74 Å². The van der Waals surface area contributed by atoms with Gasteiger partial charge in [-0.1, -0.05) is 24.3 Å². The largest absolute Gasteiger partial charge is 0.484 e. The molecule has 0 aliphatic carbocycles. The topological polar surface area (TPSA) is 87.2 Å². The molecule has 0 saturated carbocycles. The van der Waals surface area contributed by atoms with E-state index in [0.717, 1.165) is 10.2 Å². The van der Waals surface area contributed by atoms with Crippen molar-refractivity contribution in [3.8, 4) is 22.7 Å². The minimum atomic E-state index is -4.71. The van der Waals surface area contributed by atoms with Crippen LogP contribution in [0.2, 0.25) is 0 Å². The lowest BCUT2D eigenvalue weighted by Gasteiger charge is -2.19. The number of benzene rings is 2. The van der Waals surface area contributed by atoms with E-state index < -0.39 is 21.9 Å². The molecule has 2 N–H and O–H groups in total. The van der Waals surface area contributed by atoms with Crippen LogP contribution in [-0.4, -0.2) is 18.2 Å². The third-order valence-electron chi connectivity index (χ3n) is 4.16. The van der Waals surface area contributed by atoms with Crippen LogP contribution in [0.3, 0.4) is 0 Å². The van der Waals surface area contributed by atoms with Crippen LogP contribution in [-0.2, 0) is 22.8 Å². The summed E-state index contributed by atoms with van der Waals surface area (Å²) in [6.07, 6.45) is -4.71. The molecule has 3 aromatic rings. The predicted octanol–water partition coefficient (Wildman–Crippen LogP) is 3.10. The van der Waals surface area contributed by atoms with Crippen molar-refractivity contribution in [3.05, 3.63) is 59.8 Å². The summed E-state index contributed by atoms with van der Waals surface area (Å²) in [6.45, 7) is 0.00228. The zero-order chi connectivity index (χ0) is 19.4. The normalized spacial score (nSPS) is 13.6. The lowest BCUT2D eigenvalue weighted by atomic mass is 10.0. The number of ether oxygens (including phenoxy) is 1. The van der Waals surface area contributed by atoms with E-state index in [9.17, 15) is 21.6 Å². The lowest BCUT2D eigenvalue weighted by molar-refractivity contribution is -0.142. The summed E-state index contributed by atoms with van der Waals surface area (Å²) < 4.78 is 69.6. The summed E-state index contributed by atoms with van der Waals surface area (Å²) in [5, 5.41) is 8.77. The first-order valence-electron chi connectivity index (χ1n) is 7.71. The molecule has 0 radical (unpaired) electrons. The number of nitrogens with zero attached hydrogens (tertiary/aromatic N) is 2. The third kappa shape index (κ3) is 2.96. The standard InChI is InChI=1S/C17H12F3N3O3S/c18-17(19,20)16-15-14(13-4-2-1-3-10(13)9-26-15)23(22-16)11-5-7-12(8-6-11)27(21,24)25/h1-8H,9H2,(H2,21,24,25). The Hall–Kier alpha value is -2.85. The van der Waals surface area contributed by atoms with Gasteiger partial charge in [0.15, 0.2) is 5.75 Å². The van der Waals surface area contributed by atoms with Crippen LogP contribution >= 0.6 is 0 Å². The fourth-order valence-corrected chi connectivity index (χ4v) is 3.47. The summed E-state index contributed by atoms with van der Waals surface area (Å²) in [6, 6.07) is 12.0. The van der Waals surface area contributed by atoms with E-state index in [1.54, 1.807) is 24.3 Å². The number of nitrogens with two attached hydrogens (primary N) is 1. The van der Waals surface area contributed by atoms with Gasteiger partial charge in [-0.05, 0) is 29.8 Å². The molecular formula is C17H12F3N3O3S. The van der Waals surface area contributed by atoms with E-state index in [-0.39, 0.29) is 28.6 Å². The molecule has 27 heavy (non-hydrogen) atoms. The Labute approximate surface area is 152 Å². The molecule has 0 bridgehead atoms. The molecule has 0 amide bonds. The maximum absolute atomic E-state index is 13.4. The zero-order valence-electron chi connectivity index (χ0n) is 13.6. The average Bonchev–Trinajstić information content (AvgIpc) is 3.01. The number of halogens is 3. The van der Waals surface area contributed by atoms with Crippen LogP contribution in [0.5, 0.6) is 5.75 Å². The quantitative estimate of drug-likeness (QED) is 0.722. The van der Waals surface area contributed by atoms with Crippen LogP contribution in [0.15, 0.2) is 53.4 Å². The number of hydrogen-bond acceptors (Lipinski definition) is 4. The summed E-state index contributed by atoms with van der Waals surface area (Å²) in [7, 11) is -3.92. The van der Waals surface area contributed by atoms with Crippen molar-refractivity contribution in [1.82, 2.24) is 9.78 Å². The number of fused-ring (bicyclic) bond motifs is 3. The Morgan fingerprint density at radius 3 is 2.37 bits per heavy atom. The van der Waals surface area contributed by atoms with Crippen molar-refractivity contribution in [2.45, 2.75) is 17.7 Å². The number of rotatable bonds is 2. The molecule has 0 unspecified atom stereocenters. The van der Waals surface area contributed by atoms with Crippen molar-refractivity contribution in [1.29, 1.82) is 0 Å². The van der Waals surface area contributed by atoms with Gasteiger partial charge in [0, 0.05) is 5.56 Å². The van der Waals surface area contributed by atoms with Crippen molar-refractivity contribution < 1.29 is 26.3 Å². The van der Waals surface area contributed by atoms with Gasteiger partial charge in [0.1, 0.15) is 12.3 Å². The molecular weight excluding hydrogens is 383 g/mol. The second kappa shape index (κ2) is 5.83. The monoisotopic (exact) mass is 395 g/mol. The van der Waals surface area contributed by atoms with Crippen molar-refractivity contribution in [2.75, 3.05) is 0 Å². The number of hydrogen-bond donors (Lipinski definition) is 1. The van der Waals surface area contributed by atoms with E-state index in [1.807, 2.05) is 0 Å². The number of primary sulfonamides is 1. The molecule has 1 aromatic heterocycles. The van der Waals surface area contributed by atoms with Crippen molar-refractivity contribution >= 4 is 10.0 Å². The van der Waals surface area contributed by atoms with E-state index >= 15 is 0 Å². The first kappa shape index (κ1) is 17.6.